The number of H-pyrrole nitrogens is 1. The van der Waals surface area contributed by atoms with E-state index in [-0.39, 0.29) is 5.56 Å². The minimum Gasteiger partial charge on any atom is -0.312 e. The lowest BCUT2D eigenvalue weighted by atomic mass is 10.1. The fourth-order valence-corrected chi connectivity index (χ4v) is 2.71. The third-order valence-corrected chi connectivity index (χ3v) is 3.82. The minimum absolute atomic E-state index is 0.0477. The van der Waals surface area contributed by atoms with Crippen LogP contribution in [0.2, 0.25) is 0 Å². The van der Waals surface area contributed by atoms with Gasteiger partial charge in [-0.3, -0.25) is 9.78 Å². The second-order valence-corrected chi connectivity index (χ2v) is 5.18. The molecule has 0 unspecified atom stereocenters. The molecule has 1 aliphatic rings. The molecule has 104 valence electrons. The largest absolute Gasteiger partial charge is 0.312 e. The average Bonchev–Trinajstić information content (AvgIpc) is 2.54. The molecule has 5 nitrogen and oxygen atoms in total. The number of rotatable bonds is 1. The lowest BCUT2D eigenvalue weighted by Crippen LogP contribution is -2.31. The number of aromatic nitrogens is 3. The molecule has 0 saturated carbocycles. The van der Waals surface area contributed by atoms with Gasteiger partial charge in [0.2, 0.25) is 0 Å². The normalized spacial score (nSPS) is 14.1. The van der Waals surface area contributed by atoms with Crippen LogP contribution in [0.15, 0.2) is 41.3 Å². The van der Waals surface area contributed by atoms with E-state index in [1.165, 1.54) is 0 Å². The summed E-state index contributed by atoms with van der Waals surface area (Å²) < 4.78 is 0. The summed E-state index contributed by atoms with van der Waals surface area (Å²) in [5, 5.41) is 4.24. The van der Waals surface area contributed by atoms with Crippen LogP contribution >= 0.6 is 0 Å². The second-order valence-electron chi connectivity index (χ2n) is 5.18. The Morgan fingerprint density at radius 1 is 1.19 bits per heavy atom. The molecule has 21 heavy (non-hydrogen) atoms. The van der Waals surface area contributed by atoms with Crippen molar-refractivity contribution in [2.75, 3.05) is 6.54 Å². The van der Waals surface area contributed by atoms with Crippen LogP contribution in [0.25, 0.3) is 22.3 Å². The fourth-order valence-electron chi connectivity index (χ4n) is 2.71. The summed E-state index contributed by atoms with van der Waals surface area (Å²) in [6.45, 7) is 1.46. The standard InChI is InChI=1S/C16H14N4O/c21-16-12-9-17-7-5-14(12)19-15(20-16)11-3-4-13-10(8-11)2-1-6-18-13/h1-4,6,8,17H,5,7,9H2,(H,19,20,21). The summed E-state index contributed by atoms with van der Waals surface area (Å²) in [5.74, 6) is 0.631. The van der Waals surface area contributed by atoms with E-state index in [9.17, 15) is 4.79 Å². The Hall–Kier alpha value is -2.53. The van der Waals surface area contributed by atoms with Crippen LogP contribution in [0.4, 0.5) is 0 Å². The van der Waals surface area contributed by atoms with Crippen LogP contribution < -0.4 is 10.9 Å². The van der Waals surface area contributed by atoms with Crippen LogP contribution in [0.3, 0.4) is 0 Å². The smallest absolute Gasteiger partial charge is 0.255 e. The summed E-state index contributed by atoms with van der Waals surface area (Å²) in [6.07, 6.45) is 2.56. The third-order valence-electron chi connectivity index (χ3n) is 3.82. The van der Waals surface area contributed by atoms with Gasteiger partial charge in [0, 0.05) is 36.7 Å². The van der Waals surface area contributed by atoms with Gasteiger partial charge >= 0.3 is 0 Å². The van der Waals surface area contributed by atoms with Gasteiger partial charge in [0.25, 0.3) is 5.56 Å². The molecule has 5 heteroatoms. The van der Waals surface area contributed by atoms with Crippen molar-refractivity contribution in [3.63, 3.8) is 0 Å². The lowest BCUT2D eigenvalue weighted by molar-refractivity contribution is 0.621. The van der Waals surface area contributed by atoms with Gasteiger partial charge < -0.3 is 10.3 Å². The molecule has 0 spiro atoms. The Balaban J connectivity index is 1.88. The molecule has 1 aliphatic heterocycles. The first kappa shape index (κ1) is 12.2. The van der Waals surface area contributed by atoms with E-state index in [4.69, 9.17) is 0 Å². The molecule has 0 amide bonds. The Labute approximate surface area is 121 Å². The van der Waals surface area contributed by atoms with E-state index in [0.717, 1.165) is 40.7 Å². The van der Waals surface area contributed by atoms with Crippen molar-refractivity contribution in [3.05, 3.63) is 58.1 Å². The Morgan fingerprint density at radius 2 is 2.14 bits per heavy atom. The molecular formula is C16H14N4O. The van der Waals surface area contributed by atoms with Crippen molar-refractivity contribution in [2.45, 2.75) is 13.0 Å². The molecule has 1 aromatic carbocycles. The highest BCUT2D eigenvalue weighted by molar-refractivity contribution is 5.83. The van der Waals surface area contributed by atoms with Gasteiger partial charge in [0.1, 0.15) is 5.82 Å². The van der Waals surface area contributed by atoms with Gasteiger partial charge in [0.15, 0.2) is 0 Å². The zero-order chi connectivity index (χ0) is 14.2. The van der Waals surface area contributed by atoms with E-state index in [1.807, 2.05) is 30.3 Å². The van der Waals surface area contributed by atoms with Crippen molar-refractivity contribution >= 4 is 10.9 Å². The number of benzene rings is 1. The predicted molar refractivity (Wildman–Crippen MR) is 81.0 cm³/mol. The monoisotopic (exact) mass is 278 g/mol. The van der Waals surface area contributed by atoms with E-state index in [0.29, 0.717) is 12.4 Å². The molecule has 4 rings (SSSR count). The molecule has 0 atom stereocenters. The number of hydrogen-bond donors (Lipinski definition) is 2. The Bertz CT molecular complexity index is 885. The molecule has 0 saturated heterocycles. The van der Waals surface area contributed by atoms with Crippen molar-refractivity contribution in [3.8, 4) is 11.4 Å². The third kappa shape index (κ3) is 2.11. The molecule has 3 aromatic rings. The zero-order valence-corrected chi connectivity index (χ0v) is 11.4. The van der Waals surface area contributed by atoms with Crippen molar-refractivity contribution in [1.29, 1.82) is 0 Å². The molecule has 2 aromatic heterocycles. The Kier molecular flexibility index (Phi) is 2.79. The highest BCUT2D eigenvalue weighted by Crippen LogP contribution is 2.21. The maximum absolute atomic E-state index is 12.2. The predicted octanol–water partition coefficient (Wildman–Crippen LogP) is 1.63. The summed E-state index contributed by atoms with van der Waals surface area (Å²) in [5.41, 5.74) is 3.46. The highest BCUT2D eigenvalue weighted by Gasteiger charge is 2.15. The lowest BCUT2D eigenvalue weighted by Gasteiger charge is -2.16. The van der Waals surface area contributed by atoms with Gasteiger partial charge in [-0.25, -0.2) is 4.98 Å². The summed E-state index contributed by atoms with van der Waals surface area (Å²) in [7, 11) is 0. The number of pyridine rings is 1. The highest BCUT2D eigenvalue weighted by atomic mass is 16.1. The first-order valence-corrected chi connectivity index (χ1v) is 6.99. The van der Waals surface area contributed by atoms with Gasteiger partial charge in [-0.05, 0) is 24.3 Å². The van der Waals surface area contributed by atoms with E-state index >= 15 is 0 Å². The molecule has 0 bridgehead atoms. The van der Waals surface area contributed by atoms with E-state index in [1.54, 1.807) is 6.20 Å². The van der Waals surface area contributed by atoms with Crippen molar-refractivity contribution in [2.24, 2.45) is 0 Å². The Morgan fingerprint density at radius 3 is 3.10 bits per heavy atom. The maximum atomic E-state index is 12.2. The number of nitrogens with one attached hydrogen (secondary N) is 2. The summed E-state index contributed by atoms with van der Waals surface area (Å²) >= 11 is 0. The summed E-state index contributed by atoms with van der Waals surface area (Å²) in [6, 6.07) is 9.81. The molecule has 2 N–H and O–H groups in total. The zero-order valence-electron chi connectivity index (χ0n) is 11.4. The fraction of sp³-hybridized carbons (Fsp3) is 0.188. The van der Waals surface area contributed by atoms with Crippen LogP contribution in [0.1, 0.15) is 11.3 Å². The molecule has 3 heterocycles. The van der Waals surface area contributed by atoms with Gasteiger partial charge in [-0.1, -0.05) is 6.07 Å². The van der Waals surface area contributed by atoms with Gasteiger partial charge in [-0.2, -0.15) is 0 Å². The molecule has 0 aliphatic carbocycles. The van der Waals surface area contributed by atoms with Crippen LogP contribution in [0.5, 0.6) is 0 Å². The van der Waals surface area contributed by atoms with Crippen LogP contribution in [-0.2, 0) is 13.0 Å². The van der Waals surface area contributed by atoms with Gasteiger partial charge in [-0.15, -0.1) is 0 Å². The van der Waals surface area contributed by atoms with E-state index in [2.05, 4.69) is 20.3 Å². The number of fused-ring (bicyclic) bond motifs is 2. The van der Waals surface area contributed by atoms with Gasteiger partial charge in [0.05, 0.1) is 16.8 Å². The quantitative estimate of drug-likeness (QED) is 0.710. The number of aromatic amines is 1. The SMILES string of the molecule is O=c1[nH]c(-c2ccc3ncccc3c2)nc2c1CNCC2. The summed E-state index contributed by atoms with van der Waals surface area (Å²) in [4.78, 5) is 24.0. The van der Waals surface area contributed by atoms with Crippen molar-refractivity contribution < 1.29 is 0 Å². The van der Waals surface area contributed by atoms with Crippen molar-refractivity contribution in [1.82, 2.24) is 20.3 Å². The molecule has 0 radical (unpaired) electrons. The first-order chi connectivity index (χ1) is 10.3. The van der Waals surface area contributed by atoms with Crippen LogP contribution in [-0.4, -0.2) is 21.5 Å². The average molecular weight is 278 g/mol. The molecule has 0 fully saturated rings. The maximum Gasteiger partial charge on any atom is 0.255 e. The van der Waals surface area contributed by atoms with E-state index < -0.39 is 0 Å². The molecular weight excluding hydrogens is 264 g/mol. The number of nitrogens with zero attached hydrogens (tertiary/aromatic N) is 2. The number of hydrogen-bond acceptors (Lipinski definition) is 4. The van der Waals surface area contributed by atoms with Crippen LogP contribution in [0, 0.1) is 0 Å². The topological polar surface area (TPSA) is 70.7 Å². The second kappa shape index (κ2) is 4.79. The minimum atomic E-state index is -0.0477. The first-order valence-electron chi connectivity index (χ1n) is 6.99.